The minimum absolute atomic E-state index is 0.503. The van der Waals surface area contributed by atoms with Crippen molar-refractivity contribution in [3.8, 4) is 0 Å². The third-order valence-electron chi connectivity index (χ3n) is 2.48. The van der Waals surface area contributed by atoms with Crippen molar-refractivity contribution in [3.05, 3.63) is 18.0 Å². The standard InChI is InChI=1S/C9H17N3/c1-7(4-10)8(2)9-5-11-12(3)6-9/h5-8H,4,10H2,1-3H3. The first kappa shape index (κ1) is 9.26. The molecule has 1 aromatic heterocycles. The van der Waals surface area contributed by atoms with Gasteiger partial charge in [-0.1, -0.05) is 13.8 Å². The van der Waals surface area contributed by atoms with Crippen LogP contribution in [-0.2, 0) is 7.05 Å². The normalized spacial score (nSPS) is 16.0. The van der Waals surface area contributed by atoms with Gasteiger partial charge in [0.2, 0.25) is 0 Å². The second-order valence-corrected chi connectivity index (χ2v) is 3.45. The Bertz CT molecular complexity index is 242. The van der Waals surface area contributed by atoms with Crippen LogP contribution in [0, 0.1) is 5.92 Å². The molecular weight excluding hydrogens is 150 g/mol. The molecule has 68 valence electrons. The quantitative estimate of drug-likeness (QED) is 0.733. The van der Waals surface area contributed by atoms with E-state index in [0.717, 1.165) is 6.54 Å². The lowest BCUT2D eigenvalue weighted by Crippen LogP contribution is -2.16. The van der Waals surface area contributed by atoms with Crippen molar-refractivity contribution in [2.45, 2.75) is 19.8 Å². The SMILES string of the molecule is CC(CN)C(C)c1cnn(C)c1. The summed E-state index contributed by atoms with van der Waals surface area (Å²) in [6, 6.07) is 0. The summed E-state index contributed by atoms with van der Waals surface area (Å²) in [7, 11) is 1.93. The molecule has 0 amide bonds. The van der Waals surface area contributed by atoms with Crippen molar-refractivity contribution < 1.29 is 0 Å². The predicted octanol–water partition coefficient (Wildman–Crippen LogP) is 1.12. The molecule has 1 rings (SSSR count). The zero-order chi connectivity index (χ0) is 9.14. The number of nitrogens with zero attached hydrogens (tertiary/aromatic N) is 2. The number of aryl methyl sites for hydroxylation is 1. The molecule has 3 nitrogen and oxygen atoms in total. The van der Waals surface area contributed by atoms with Gasteiger partial charge in [0.15, 0.2) is 0 Å². The van der Waals surface area contributed by atoms with Crippen molar-refractivity contribution in [1.29, 1.82) is 0 Å². The van der Waals surface area contributed by atoms with Crippen LogP contribution in [0.1, 0.15) is 25.3 Å². The molecule has 0 radical (unpaired) electrons. The molecular formula is C9H17N3. The largest absolute Gasteiger partial charge is 0.330 e. The van der Waals surface area contributed by atoms with Crippen LogP contribution >= 0.6 is 0 Å². The lowest BCUT2D eigenvalue weighted by atomic mass is 9.91. The van der Waals surface area contributed by atoms with E-state index in [-0.39, 0.29) is 0 Å². The number of hydrogen-bond acceptors (Lipinski definition) is 2. The van der Waals surface area contributed by atoms with Crippen LogP contribution in [0.25, 0.3) is 0 Å². The number of rotatable bonds is 3. The van der Waals surface area contributed by atoms with E-state index in [0.29, 0.717) is 11.8 Å². The van der Waals surface area contributed by atoms with Gasteiger partial charge in [0, 0.05) is 13.2 Å². The average Bonchev–Trinajstić information content (AvgIpc) is 2.49. The van der Waals surface area contributed by atoms with Crippen molar-refractivity contribution in [3.63, 3.8) is 0 Å². The highest BCUT2D eigenvalue weighted by molar-refractivity contribution is 5.10. The second-order valence-electron chi connectivity index (χ2n) is 3.45. The fraction of sp³-hybridized carbons (Fsp3) is 0.667. The van der Waals surface area contributed by atoms with Gasteiger partial charge in [-0.05, 0) is 23.9 Å². The molecule has 0 fully saturated rings. The lowest BCUT2D eigenvalue weighted by Gasteiger charge is -2.15. The Morgan fingerprint density at radius 2 is 2.25 bits per heavy atom. The first-order valence-electron chi connectivity index (χ1n) is 4.33. The summed E-state index contributed by atoms with van der Waals surface area (Å²) in [5.41, 5.74) is 6.86. The minimum Gasteiger partial charge on any atom is -0.330 e. The van der Waals surface area contributed by atoms with Gasteiger partial charge >= 0.3 is 0 Å². The number of hydrogen-bond donors (Lipinski definition) is 1. The number of nitrogens with two attached hydrogens (primary N) is 1. The Hall–Kier alpha value is -0.830. The fourth-order valence-corrected chi connectivity index (χ4v) is 1.21. The Balaban J connectivity index is 2.70. The van der Waals surface area contributed by atoms with Crippen LogP contribution in [0.5, 0.6) is 0 Å². The molecule has 0 spiro atoms. The summed E-state index contributed by atoms with van der Waals surface area (Å²) >= 11 is 0. The molecule has 0 saturated carbocycles. The van der Waals surface area contributed by atoms with Crippen LogP contribution in [0.15, 0.2) is 12.4 Å². The van der Waals surface area contributed by atoms with E-state index in [1.165, 1.54) is 5.56 Å². The molecule has 0 aliphatic carbocycles. The topological polar surface area (TPSA) is 43.8 Å². The summed E-state index contributed by atoms with van der Waals surface area (Å²) in [4.78, 5) is 0. The molecule has 0 aromatic carbocycles. The predicted molar refractivity (Wildman–Crippen MR) is 49.8 cm³/mol. The first-order chi connectivity index (χ1) is 5.65. The molecule has 12 heavy (non-hydrogen) atoms. The van der Waals surface area contributed by atoms with Gasteiger partial charge in [-0.2, -0.15) is 5.10 Å². The van der Waals surface area contributed by atoms with Gasteiger partial charge < -0.3 is 5.73 Å². The summed E-state index contributed by atoms with van der Waals surface area (Å²) < 4.78 is 1.83. The van der Waals surface area contributed by atoms with E-state index in [1.54, 1.807) is 0 Å². The smallest absolute Gasteiger partial charge is 0.0524 e. The molecule has 0 aliphatic rings. The number of aromatic nitrogens is 2. The van der Waals surface area contributed by atoms with Crippen LogP contribution in [0.4, 0.5) is 0 Å². The molecule has 2 unspecified atom stereocenters. The van der Waals surface area contributed by atoms with Crippen molar-refractivity contribution in [2.24, 2.45) is 18.7 Å². The monoisotopic (exact) mass is 167 g/mol. The van der Waals surface area contributed by atoms with Gasteiger partial charge in [-0.25, -0.2) is 0 Å². The van der Waals surface area contributed by atoms with E-state index >= 15 is 0 Å². The van der Waals surface area contributed by atoms with Gasteiger partial charge in [0.25, 0.3) is 0 Å². The van der Waals surface area contributed by atoms with Crippen molar-refractivity contribution in [1.82, 2.24) is 9.78 Å². The zero-order valence-corrected chi connectivity index (χ0v) is 7.99. The highest BCUT2D eigenvalue weighted by Crippen LogP contribution is 2.21. The molecule has 3 heteroatoms. The Labute approximate surface area is 73.6 Å². The van der Waals surface area contributed by atoms with Crippen LogP contribution in [0.2, 0.25) is 0 Å². The molecule has 1 aromatic rings. The maximum atomic E-state index is 5.59. The van der Waals surface area contributed by atoms with Crippen LogP contribution in [-0.4, -0.2) is 16.3 Å². The first-order valence-corrected chi connectivity index (χ1v) is 4.33. The van der Waals surface area contributed by atoms with Crippen LogP contribution < -0.4 is 5.73 Å². The summed E-state index contributed by atoms with van der Waals surface area (Å²) in [6.45, 7) is 5.09. The summed E-state index contributed by atoms with van der Waals surface area (Å²) in [5, 5.41) is 4.13. The van der Waals surface area contributed by atoms with Crippen molar-refractivity contribution >= 4 is 0 Å². The van der Waals surface area contributed by atoms with E-state index in [9.17, 15) is 0 Å². The molecule has 2 atom stereocenters. The molecule has 0 saturated heterocycles. The van der Waals surface area contributed by atoms with E-state index in [4.69, 9.17) is 5.73 Å². The third-order valence-corrected chi connectivity index (χ3v) is 2.48. The Kier molecular flexibility index (Phi) is 2.87. The van der Waals surface area contributed by atoms with Gasteiger partial charge in [-0.15, -0.1) is 0 Å². The van der Waals surface area contributed by atoms with E-state index in [2.05, 4.69) is 25.1 Å². The van der Waals surface area contributed by atoms with Gasteiger partial charge in [0.05, 0.1) is 6.20 Å². The molecule has 1 heterocycles. The maximum absolute atomic E-state index is 5.59. The van der Waals surface area contributed by atoms with E-state index in [1.807, 2.05) is 17.9 Å². The highest BCUT2D eigenvalue weighted by atomic mass is 15.2. The zero-order valence-electron chi connectivity index (χ0n) is 7.99. The van der Waals surface area contributed by atoms with Crippen LogP contribution in [0.3, 0.4) is 0 Å². The highest BCUT2D eigenvalue weighted by Gasteiger charge is 2.13. The third kappa shape index (κ3) is 1.85. The molecule has 0 aliphatic heterocycles. The fourth-order valence-electron chi connectivity index (χ4n) is 1.21. The molecule has 0 bridgehead atoms. The summed E-state index contributed by atoms with van der Waals surface area (Å²) in [6.07, 6.45) is 3.97. The minimum atomic E-state index is 0.503. The average molecular weight is 167 g/mol. The van der Waals surface area contributed by atoms with E-state index < -0.39 is 0 Å². The van der Waals surface area contributed by atoms with Crippen molar-refractivity contribution in [2.75, 3.05) is 6.54 Å². The Morgan fingerprint density at radius 3 is 2.67 bits per heavy atom. The van der Waals surface area contributed by atoms with Gasteiger partial charge in [0.1, 0.15) is 0 Å². The second kappa shape index (κ2) is 3.72. The van der Waals surface area contributed by atoms with Gasteiger partial charge in [-0.3, -0.25) is 4.68 Å². The summed E-state index contributed by atoms with van der Waals surface area (Å²) in [5.74, 6) is 1.03. The molecule has 2 N–H and O–H groups in total. The Morgan fingerprint density at radius 1 is 1.58 bits per heavy atom. The lowest BCUT2D eigenvalue weighted by molar-refractivity contribution is 0.498. The maximum Gasteiger partial charge on any atom is 0.0524 e.